The molecule has 10 heteroatoms. The molecule has 0 atom stereocenters. The van der Waals surface area contributed by atoms with E-state index in [1.165, 1.54) is 18.2 Å². The van der Waals surface area contributed by atoms with E-state index >= 15 is 0 Å². The predicted octanol–water partition coefficient (Wildman–Crippen LogP) is 2.27. The van der Waals surface area contributed by atoms with Crippen LogP contribution in [0.1, 0.15) is 15.9 Å². The molecule has 10 nitrogen and oxygen atoms in total. The van der Waals surface area contributed by atoms with E-state index in [-0.39, 0.29) is 23.5 Å². The Morgan fingerprint density at radius 2 is 1.79 bits per heavy atom. The first-order valence-corrected chi connectivity index (χ1v) is 8.59. The first kappa shape index (κ1) is 19.2. The summed E-state index contributed by atoms with van der Waals surface area (Å²) >= 11 is 0. The molecule has 1 aliphatic heterocycles. The molecule has 0 saturated carbocycles. The number of anilines is 1. The van der Waals surface area contributed by atoms with Crippen LogP contribution in [0.3, 0.4) is 0 Å². The van der Waals surface area contributed by atoms with Gasteiger partial charge in [-0.05, 0) is 6.07 Å². The van der Waals surface area contributed by atoms with Gasteiger partial charge in [0.15, 0.2) is 0 Å². The van der Waals surface area contributed by atoms with Crippen LogP contribution in [-0.2, 0) is 11.3 Å². The van der Waals surface area contributed by atoms with Crippen LogP contribution >= 0.6 is 0 Å². The summed E-state index contributed by atoms with van der Waals surface area (Å²) in [4.78, 5) is 35.9. The van der Waals surface area contributed by atoms with Gasteiger partial charge in [-0.2, -0.15) is 0 Å². The van der Waals surface area contributed by atoms with E-state index in [1.54, 1.807) is 24.3 Å². The van der Waals surface area contributed by atoms with Gasteiger partial charge in [0.05, 0.1) is 34.3 Å². The number of hydrogen-bond donors (Lipinski definition) is 1. The number of para-hydroxylation sites is 1. The second-order valence-electron chi connectivity index (χ2n) is 6.13. The summed E-state index contributed by atoms with van der Waals surface area (Å²) in [6.45, 7) is 2.04. The highest BCUT2D eigenvalue weighted by atomic mass is 16.6. The number of amides is 1. The molecule has 146 valence electrons. The van der Waals surface area contributed by atoms with Crippen molar-refractivity contribution < 1.29 is 19.4 Å². The third-order valence-corrected chi connectivity index (χ3v) is 4.42. The van der Waals surface area contributed by atoms with Crippen LogP contribution in [-0.4, -0.2) is 42.1 Å². The highest BCUT2D eigenvalue weighted by Crippen LogP contribution is 2.27. The molecule has 0 aromatic heterocycles. The fraction of sp³-hybridized carbons (Fsp3) is 0.278. The van der Waals surface area contributed by atoms with E-state index < -0.39 is 15.8 Å². The Bertz CT molecular complexity index is 911. The van der Waals surface area contributed by atoms with Crippen LogP contribution in [0.4, 0.5) is 17.1 Å². The number of hydrogen-bond acceptors (Lipinski definition) is 7. The van der Waals surface area contributed by atoms with Gasteiger partial charge >= 0.3 is 0 Å². The molecule has 0 unspecified atom stereocenters. The lowest BCUT2D eigenvalue weighted by Crippen LogP contribution is -2.38. The van der Waals surface area contributed by atoms with Crippen molar-refractivity contribution in [2.24, 2.45) is 0 Å². The van der Waals surface area contributed by atoms with Crippen LogP contribution in [0, 0.1) is 20.2 Å². The van der Waals surface area contributed by atoms with E-state index in [2.05, 4.69) is 5.32 Å². The molecule has 1 aliphatic rings. The molecule has 0 radical (unpaired) electrons. The van der Waals surface area contributed by atoms with E-state index in [9.17, 15) is 25.0 Å². The van der Waals surface area contributed by atoms with Crippen LogP contribution < -0.4 is 10.2 Å². The number of benzene rings is 2. The number of non-ortho nitro benzene ring substituents is 1. The average molecular weight is 386 g/mol. The number of carbonyl (C=O) groups is 1. The third kappa shape index (κ3) is 4.23. The summed E-state index contributed by atoms with van der Waals surface area (Å²) in [5.41, 5.74) is 0.756. The maximum atomic E-state index is 12.8. The molecule has 1 fully saturated rings. The lowest BCUT2D eigenvalue weighted by molar-refractivity contribution is -0.385. The summed E-state index contributed by atoms with van der Waals surface area (Å²) < 4.78 is 5.31. The largest absolute Gasteiger partial charge is 0.378 e. The first-order chi connectivity index (χ1) is 13.5. The summed E-state index contributed by atoms with van der Waals surface area (Å²) in [5.74, 6) is -0.539. The number of morpholine rings is 1. The topological polar surface area (TPSA) is 128 Å². The van der Waals surface area contributed by atoms with Crippen molar-refractivity contribution in [1.29, 1.82) is 0 Å². The van der Waals surface area contributed by atoms with Crippen molar-refractivity contribution in [3.05, 3.63) is 73.8 Å². The molecule has 0 spiro atoms. The minimum atomic E-state index is -0.568. The SMILES string of the molecule is O=C(NCc1ccccc1[N+](=O)[O-])c1cc([N+](=O)[O-])ccc1N1CCOCC1. The van der Waals surface area contributed by atoms with E-state index in [4.69, 9.17) is 4.74 Å². The predicted molar refractivity (Wildman–Crippen MR) is 100 cm³/mol. The van der Waals surface area contributed by atoms with Crippen molar-refractivity contribution in [2.75, 3.05) is 31.2 Å². The molecule has 3 rings (SSSR count). The van der Waals surface area contributed by atoms with Gasteiger partial charge in [0.1, 0.15) is 0 Å². The number of nitro benzene ring substituents is 2. The molecule has 0 bridgehead atoms. The molecular formula is C18H18N4O6. The summed E-state index contributed by atoms with van der Waals surface area (Å²) in [5, 5.41) is 24.9. The molecule has 1 saturated heterocycles. The molecule has 0 aliphatic carbocycles. The standard InChI is InChI=1S/C18H18N4O6/c23-18(19-12-13-3-1-2-4-16(13)22(26)27)15-11-14(21(24)25)5-6-17(15)20-7-9-28-10-8-20/h1-6,11H,7-10,12H2,(H,19,23). The summed E-state index contributed by atoms with van der Waals surface area (Å²) in [6.07, 6.45) is 0. The number of carbonyl (C=O) groups excluding carboxylic acids is 1. The Hall–Kier alpha value is -3.53. The molecule has 1 N–H and O–H groups in total. The molecular weight excluding hydrogens is 368 g/mol. The zero-order valence-electron chi connectivity index (χ0n) is 14.9. The van der Waals surface area contributed by atoms with Gasteiger partial charge in [-0.3, -0.25) is 25.0 Å². The van der Waals surface area contributed by atoms with Crippen molar-refractivity contribution >= 4 is 23.0 Å². The Balaban J connectivity index is 1.86. The van der Waals surface area contributed by atoms with Crippen molar-refractivity contribution in [2.45, 2.75) is 6.54 Å². The second-order valence-corrected chi connectivity index (χ2v) is 6.13. The number of rotatable bonds is 6. The lowest BCUT2D eigenvalue weighted by Gasteiger charge is -2.30. The summed E-state index contributed by atoms with van der Waals surface area (Å²) in [6, 6.07) is 10.2. The lowest BCUT2D eigenvalue weighted by atomic mass is 10.1. The zero-order valence-corrected chi connectivity index (χ0v) is 14.9. The van der Waals surface area contributed by atoms with Gasteiger partial charge in [-0.15, -0.1) is 0 Å². The zero-order chi connectivity index (χ0) is 20.1. The number of nitrogens with one attached hydrogen (secondary N) is 1. The minimum absolute atomic E-state index is 0.0682. The summed E-state index contributed by atoms with van der Waals surface area (Å²) in [7, 11) is 0. The van der Waals surface area contributed by atoms with Gasteiger partial charge in [0.25, 0.3) is 17.3 Å². The number of ether oxygens (including phenoxy) is 1. The van der Waals surface area contributed by atoms with Crippen LogP contribution in [0.5, 0.6) is 0 Å². The highest BCUT2D eigenvalue weighted by Gasteiger charge is 2.22. The first-order valence-electron chi connectivity index (χ1n) is 8.59. The van der Waals surface area contributed by atoms with E-state index in [0.717, 1.165) is 0 Å². The van der Waals surface area contributed by atoms with Crippen molar-refractivity contribution in [1.82, 2.24) is 5.32 Å². The van der Waals surface area contributed by atoms with Crippen molar-refractivity contribution in [3.63, 3.8) is 0 Å². The second kappa shape index (κ2) is 8.44. The van der Waals surface area contributed by atoms with E-state index in [1.807, 2.05) is 4.90 Å². The average Bonchev–Trinajstić information content (AvgIpc) is 2.72. The van der Waals surface area contributed by atoms with Crippen LogP contribution in [0.25, 0.3) is 0 Å². The van der Waals surface area contributed by atoms with Gasteiger partial charge in [-0.1, -0.05) is 18.2 Å². The number of nitrogens with zero attached hydrogens (tertiary/aromatic N) is 3. The van der Waals surface area contributed by atoms with Gasteiger partial charge in [0.2, 0.25) is 0 Å². The van der Waals surface area contributed by atoms with Crippen LogP contribution in [0.15, 0.2) is 42.5 Å². The molecule has 1 amide bonds. The Kier molecular flexibility index (Phi) is 5.80. The molecule has 1 heterocycles. The quantitative estimate of drug-likeness (QED) is 0.596. The fourth-order valence-corrected chi connectivity index (χ4v) is 3.01. The van der Waals surface area contributed by atoms with Crippen molar-refractivity contribution in [3.8, 4) is 0 Å². The van der Waals surface area contributed by atoms with Gasteiger partial charge in [0, 0.05) is 43.4 Å². The molecule has 28 heavy (non-hydrogen) atoms. The smallest absolute Gasteiger partial charge is 0.274 e. The van der Waals surface area contributed by atoms with Gasteiger partial charge < -0.3 is 15.0 Å². The maximum Gasteiger partial charge on any atom is 0.274 e. The van der Waals surface area contributed by atoms with E-state index in [0.29, 0.717) is 37.6 Å². The fourth-order valence-electron chi connectivity index (χ4n) is 3.01. The Labute approximate surface area is 160 Å². The normalized spacial score (nSPS) is 13.8. The monoisotopic (exact) mass is 386 g/mol. The highest BCUT2D eigenvalue weighted by molar-refractivity contribution is 6.00. The third-order valence-electron chi connectivity index (χ3n) is 4.42. The maximum absolute atomic E-state index is 12.8. The van der Waals surface area contributed by atoms with Gasteiger partial charge in [-0.25, -0.2) is 0 Å². The van der Waals surface area contributed by atoms with Crippen LogP contribution in [0.2, 0.25) is 0 Å². The molecule has 2 aromatic rings. The molecule has 2 aromatic carbocycles. The minimum Gasteiger partial charge on any atom is -0.378 e. The number of nitro groups is 2. The Morgan fingerprint density at radius 1 is 1.07 bits per heavy atom. The Morgan fingerprint density at radius 3 is 2.46 bits per heavy atom.